The fourth-order valence-corrected chi connectivity index (χ4v) is 1.60. The highest BCUT2D eigenvalue weighted by Crippen LogP contribution is 2.28. The van der Waals surface area contributed by atoms with Crippen LogP contribution >= 0.6 is 0 Å². The van der Waals surface area contributed by atoms with Crippen LogP contribution in [0.5, 0.6) is 5.75 Å². The van der Waals surface area contributed by atoms with Crippen molar-refractivity contribution in [2.24, 2.45) is 0 Å². The lowest BCUT2D eigenvalue weighted by Crippen LogP contribution is -2.02. The topological polar surface area (TPSA) is 106 Å². The predicted octanol–water partition coefficient (Wildman–Crippen LogP) is 0.723. The highest BCUT2D eigenvalue weighted by Gasteiger charge is 2.25. The van der Waals surface area contributed by atoms with E-state index in [1.54, 1.807) is 0 Å². The molecule has 1 aromatic rings. The van der Waals surface area contributed by atoms with E-state index in [9.17, 15) is 23.1 Å². The van der Waals surface area contributed by atoms with Gasteiger partial charge in [0.25, 0.3) is 5.69 Å². The molecule has 0 fully saturated rings. The second-order valence-electron chi connectivity index (χ2n) is 2.54. The summed E-state index contributed by atoms with van der Waals surface area (Å²) in [5.41, 5.74) is -0.788. The molecule has 7 nitrogen and oxygen atoms in total. The Kier molecular flexibility index (Phi) is 2.91. The number of rotatable bonds is 3. The molecule has 8 heteroatoms. The Morgan fingerprint density at radius 3 is 2.40 bits per heavy atom. The highest BCUT2D eigenvalue weighted by atomic mass is 32.2. The van der Waals surface area contributed by atoms with Gasteiger partial charge < -0.3 is 4.74 Å². The Hall–Kier alpha value is -1.67. The van der Waals surface area contributed by atoms with Crippen LogP contribution in [-0.2, 0) is 14.7 Å². The molecule has 15 heavy (non-hydrogen) atoms. The van der Waals surface area contributed by atoms with Crippen molar-refractivity contribution in [3.05, 3.63) is 28.3 Å². The van der Waals surface area contributed by atoms with Gasteiger partial charge in [-0.15, -0.1) is 0 Å². The lowest BCUT2D eigenvalue weighted by molar-refractivity contribution is -0.388. The maximum absolute atomic E-state index is 10.7. The molecule has 0 bridgehead atoms. The SMILES string of the molecule is COc1ccc(S([O])(=O)=O)c([N+](=O)[O-])c1. The van der Waals surface area contributed by atoms with Crippen LogP contribution in [0, 0.1) is 10.1 Å². The summed E-state index contributed by atoms with van der Waals surface area (Å²) in [4.78, 5) is 8.66. The van der Waals surface area contributed by atoms with Crippen molar-refractivity contribution in [3.8, 4) is 5.75 Å². The van der Waals surface area contributed by atoms with Crippen LogP contribution in [0.15, 0.2) is 23.1 Å². The third-order valence-electron chi connectivity index (χ3n) is 1.63. The first-order valence-corrected chi connectivity index (χ1v) is 5.05. The number of nitrogens with zero attached hydrogens (tertiary/aromatic N) is 1. The molecule has 0 atom stereocenters. The maximum atomic E-state index is 10.7. The molecule has 0 saturated carbocycles. The molecule has 0 heterocycles. The van der Waals surface area contributed by atoms with E-state index in [4.69, 9.17) is 0 Å². The Labute approximate surface area is 85.2 Å². The molecule has 81 valence electrons. The van der Waals surface area contributed by atoms with E-state index in [1.165, 1.54) is 7.11 Å². The van der Waals surface area contributed by atoms with Gasteiger partial charge in [-0.1, -0.05) is 4.55 Å². The Morgan fingerprint density at radius 2 is 2.00 bits per heavy atom. The zero-order valence-electron chi connectivity index (χ0n) is 7.54. The van der Waals surface area contributed by atoms with Gasteiger partial charge in [0.2, 0.25) is 0 Å². The number of ether oxygens (including phenoxy) is 1. The van der Waals surface area contributed by atoms with E-state index < -0.39 is 25.6 Å². The molecule has 1 radical (unpaired) electrons. The van der Waals surface area contributed by atoms with Gasteiger partial charge in [-0.05, 0) is 12.1 Å². The summed E-state index contributed by atoms with van der Waals surface area (Å²) < 4.78 is 36.6. The Balaban J connectivity index is 3.48. The van der Waals surface area contributed by atoms with Crippen molar-refractivity contribution in [3.63, 3.8) is 0 Å². The van der Waals surface area contributed by atoms with Gasteiger partial charge in [-0.25, -0.2) is 0 Å². The summed E-state index contributed by atoms with van der Waals surface area (Å²) in [6, 6.07) is 2.89. The lowest BCUT2D eigenvalue weighted by atomic mass is 10.3. The summed E-state index contributed by atoms with van der Waals surface area (Å²) in [5, 5.41) is 10.5. The van der Waals surface area contributed by atoms with Crippen molar-refractivity contribution in [2.75, 3.05) is 7.11 Å². The van der Waals surface area contributed by atoms with E-state index in [2.05, 4.69) is 4.74 Å². The molecule has 1 aromatic carbocycles. The minimum atomic E-state index is -4.85. The second-order valence-corrected chi connectivity index (χ2v) is 3.89. The molecule has 0 spiro atoms. The van der Waals surface area contributed by atoms with E-state index in [0.717, 1.165) is 18.2 Å². The lowest BCUT2D eigenvalue weighted by Gasteiger charge is -2.01. The molecule has 0 amide bonds. The van der Waals surface area contributed by atoms with Crippen LogP contribution in [0.3, 0.4) is 0 Å². The first-order valence-electron chi connectivity index (χ1n) is 3.64. The number of nitro benzene ring substituents is 1. The van der Waals surface area contributed by atoms with Crippen LogP contribution in [-0.4, -0.2) is 20.5 Å². The smallest absolute Gasteiger partial charge is 0.331 e. The van der Waals surface area contributed by atoms with E-state index in [0.29, 0.717) is 0 Å². The predicted molar refractivity (Wildman–Crippen MR) is 47.5 cm³/mol. The van der Waals surface area contributed by atoms with Crippen molar-refractivity contribution in [1.29, 1.82) is 0 Å². The molecule has 0 aromatic heterocycles. The monoisotopic (exact) mass is 232 g/mol. The van der Waals surface area contributed by atoms with Crippen LogP contribution in [0.4, 0.5) is 5.69 Å². The first kappa shape index (κ1) is 11.4. The fourth-order valence-electron chi connectivity index (χ4n) is 0.978. The van der Waals surface area contributed by atoms with Crippen molar-refractivity contribution >= 4 is 15.8 Å². The quantitative estimate of drug-likeness (QED) is 0.563. The maximum Gasteiger partial charge on any atom is 0.331 e. The summed E-state index contributed by atoms with van der Waals surface area (Å²) in [6.45, 7) is 0. The zero-order chi connectivity index (χ0) is 11.6. The van der Waals surface area contributed by atoms with Gasteiger partial charge in [0.15, 0.2) is 4.90 Å². The van der Waals surface area contributed by atoms with Gasteiger partial charge in [0.05, 0.1) is 18.1 Å². The third-order valence-corrected chi connectivity index (χ3v) is 2.52. The molecule has 0 N–H and O–H groups in total. The average molecular weight is 232 g/mol. The van der Waals surface area contributed by atoms with Crippen LogP contribution in [0.2, 0.25) is 0 Å². The van der Waals surface area contributed by atoms with Gasteiger partial charge >= 0.3 is 10.1 Å². The minimum Gasteiger partial charge on any atom is -0.497 e. The Morgan fingerprint density at radius 1 is 1.40 bits per heavy atom. The number of nitro groups is 1. The van der Waals surface area contributed by atoms with Gasteiger partial charge in [-0.3, -0.25) is 10.1 Å². The second kappa shape index (κ2) is 3.83. The van der Waals surface area contributed by atoms with E-state index >= 15 is 0 Å². The molecule has 1 rings (SSSR count). The average Bonchev–Trinajstić information content (AvgIpc) is 2.15. The van der Waals surface area contributed by atoms with E-state index in [1.807, 2.05) is 0 Å². The standard InChI is InChI=1S/C7H6NO6S/c1-14-5-2-3-7(15(11,12)13)6(4-5)8(9)10/h2-4H,1H3. The van der Waals surface area contributed by atoms with E-state index in [-0.39, 0.29) is 5.75 Å². The molecule has 0 unspecified atom stereocenters. The molecule has 0 aliphatic carbocycles. The summed E-state index contributed by atoms with van der Waals surface area (Å²) in [5.74, 6) is 0.106. The zero-order valence-corrected chi connectivity index (χ0v) is 8.35. The summed E-state index contributed by atoms with van der Waals surface area (Å²) >= 11 is 0. The van der Waals surface area contributed by atoms with Crippen molar-refractivity contribution < 1.29 is 22.6 Å². The Bertz CT molecular complexity index is 494. The van der Waals surface area contributed by atoms with Crippen LogP contribution in [0.1, 0.15) is 0 Å². The molecule has 0 saturated heterocycles. The third kappa shape index (κ3) is 2.42. The van der Waals surface area contributed by atoms with Gasteiger partial charge in [0.1, 0.15) is 5.75 Å². The number of benzene rings is 1. The normalized spacial score (nSPS) is 11.1. The van der Waals surface area contributed by atoms with Crippen molar-refractivity contribution in [2.45, 2.75) is 4.90 Å². The number of hydrogen-bond acceptors (Lipinski definition) is 5. The molecule has 0 aliphatic rings. The number of methoxy groups -OCH3 is 1. The van der Waals surface area contributed by atoms with Crippen LogP contribution < -0.4 is 4.74 Å². The largest absolute Gasteiger partial charge is 0.497 e. The van der Waals surface area contributed by atoms with Crippen molar-refractivity contribution in [1.82, 2.24) is 0 Å². The first-order chi connectivity index (χ1) is 6.86. The fraction of sp³-hybridized carbons (Fsp3) is 0.143. The molecule has 0 aliphatic heterocycles. The van der Waals surface area contributed by atoms with Gasteiger partial charge in [-0.2, -0.15) is 8.42 Å². The summed E-state index contributed by atoms with van der Waals surface area (Å²) in [7, 11) is -3.58. The number of hydrogen-bond donors (Lipinski definition) is 0. The van der Waals surface area contributed by atoms with Crippen LogP contribution in [0.25, 0.3) is 0 Å². The van der Waals surface area contributed by atoms with Gasteiger partial charge in [0, 0.05) is 0 Å². The minimum absolute atomic E-state index is 0.106. The molecular weight excluding hydrogens is 226 g/mol. The molecular formula is C7H6NO6S. The highest BCUT2D eigenvalue weighted by molar-refractivity contribution is 7.85. The summed E-state index contributed by atoms with van der Waals surface area (Å²) in [6.07, 6.45) is 0.